The third-order valence-corrected chi connectivity index (χ3v) is 8.91. The van der Waals surface area contributed by atoms with Crippen LogP contribution in [0.3, 0.4) is 0 Å². The maximum atomic E-state index is 14.3. The first-order valence-electron chi connectivity index (χ1n) is 14.5. The number of hydrogen-bond donors (Lipinski definition) is 0. The highest BCUT2D eigenvalue weighted by molar-refractivity contribution is 7.07. The quantitative estimate of drug-likeness (QED) is 0.243. The number of halogens is 1. The summed E-state index contributed by atoms with van der Waals surface area (Å²) in [7, 11) is 0. The van der Waals surface area contributed by atoms with E-state index in [0.29, 0.717) is 32.1 Å². The van der Waals surface area contributed by atoms with Crippen LogP contribution in [0.4, 0.5) is 4.39 Å². The van der Waals surface area contributed by atoms with Crippen molar-refractivity contribution >= 4 is 29.1 Å². The van der Waals surface area contributed by atoms with Gasteiger partial charge in [0.2, 0.25) is 6.79 Å². The normalized spacial score (nSPS) is 15.6. The second-order valence-electron chi connectivity index (χ2n) is 10.7. The summed E-state index contributed by atoms with van der Waals surface area (Å²) in [6.07, 6.45) is 1.85. The largest absolute Gasteiger partial charge is 0.463 e. The van der Waals surface area contributed by atoms with Crippen LogP contribution in [0.2, 0.25) is 0 Å². The molecule has 0 saturated carbocycles. The zero-order valence-corrected chi connectivity index (χ0v) is 25.6. The summed E-state index contributed by atoms with van der Waals surface area (Å²) in [6, 6.07) is 22.3. The van der Waals surface area contributed by atoms with Crippen LogP contribution >= 0.6 is 11.3 Å². The Morgan fingerprint density at radius 1 is 1.04 bits per heavy atom. The number of aromatic nitrogens is 2. The number of ether oxygens (including phenoxy) is 3. The first kappa shape index (κ1) is 28.5. The maximum Gasteiger partial charge on any atom is 0.338 e. The molecule has 0 amide bonds. The van der Waals surface area contributed by atoms with Gasteiger partial charge in [-0.3, -0.25) is 9.36 Å². The molecule has 0 saturated heterocycles. The number of aryl methyl sites for hydroxylation is 1. The second-order valence-corrected chi connectivity index (χ2v) is 11.7. The fraction of sp³-hybridized carbons (Fsp3) is 0.171. The Balaban J connectivity index is 1.46. The Kier molecular flexibility index (Phi) is 7.21. The van der Waals surface area contributed by atoms with E-state index in [-0.39, 0.29) is 30.3 Å². The minimum Gasteiger partial charge on any atom is -0.463 e. The molecule has 1 atom stereocenters. The van der Waals surface area contributed by atoms with Gasteiger partial charge >= 0.3 is 5.97 Å². The lowest BCUT2D eigenvalue weighted by Crippen LogP contribution is -2.40. The van der Waals surface area contributed by atoms with Crippen molar-refractivity contribution in [3.63, 3.8) is 0 Å². The monoisotopic (exact) mass is 621 g/mol. The number of carbonyl (C=O) groups excluding carboxylic acids is 1. The van der Waals surface area contributed by atoms with E-state index in [4.69, 9.17) is 19.2 Å². The SMILES string of the molecule is CCOC(=O)C1=C(c2ccccc2)N=c2s/c(=C/c3cc(C)n(-c4ccc(F)cc4)c3C)c(=O)n2C1c1ccc2c(c1)OCO2. The molecule has 226 valence electrons. The lowest BCUT2D eigenvalue weighted by atomic mass is 9.93. The number of thiazole rings is 1. The van der Waals surface area contributed by atoms with Crippen molar-refractivity contribution in [1.29, 1.82) is 0 Å². The highest BCUT2D eigenvalue weighted by atomic mass is 32.1. The molecule has 0 bridgehead atoms. The van der Waals surface area contributed by atoms with Crippen molar-refractivity contribution in [3.8, 4) is 17.2 Å². The lowest BCUT2D eigenvalue weighted by Gasteiger charge is -2.26. The van der Waals surface area contributed by atoms with Gasteiger partial charge in [-0.25, -0.2) is 14.2 Å². The van der Waals surface area contributed by atoms with E-state index in [2.05, 4.69) is 0 Å². The molecular formula is C35H28FN3O5S. The first-order chi connectivity index (χ1) is 21.8. The van der Waals surface area contributed by atoms with Gasteiger partial charge in [-0.2, -0.15) is 0 Å². The summed E-state index contributed by atoms with van der Waals surface area (Å²) < 4.78 is 34.4. The van der Waals surface area contributed by atoms with Crippen LogP contribution in [-0.4, -0.2) is 28.5 Å². The van der Waals surface area contributed by atoms with Crippen LogP contribution in [0.25, 0.3) is 17.5 Å². The molecule has 0 radical (unpaired) electrons. The molecule has 2 aliphatic heterocycles. The number of hydrogen-bond acceptors (Lipinski definition) is 7. The standard InChI is InChI=1S/C35H28FN3O5S/c1-4-42-34(41)30-31(22-8-6-5-7-9-22)37-35-39(32(30)23-10-15-27-28(17-23)44-19-43-27)33(40)29(45-35)18-24-16-20(2)38(21(24)3)26-13-11-25(36)12-14-26/h5-18,32H,4,19H2,1-3H3/b29-18+. The van der Waals surface area contributed by atoms with Gasteiger partial charge in [-0.05, 0) is 80.4 Å². The number of fused-ring (bicyclic) bond motifs is 2. The summed E-state index contributed by atoms with van der Waals surface area (Å²) in [5.74, 6) is 0.258. The minimum absolute atomic E-state index is 0.0910. The molecule has 1 unspecified atom stereocenters. The Morgan fingerprint density at radius 3 is 2.56 bits per heavy atom. The average molecular weight is 622 g/mol. The Bertz CT molecular complexity index is 2180. The van der Waals surface area contributed by atoms with Gasteiger partial charge in [0.25, 0.3) is 5.56 Å². The number of benzene rings is 3. The number of carbonyl (C=O) groups is 1. The van der Waals surface area contributed by atoms with E-state index in [1.807, 2.05) is 67.0 Å². The maximum absolute atomic E-state index is 14.3. The molecule has 0 aliphatic carbocycles. The first-order valence-corrected chi connectivity index (χ1v) is 15.3. The molecule has 2 aliphatic rings. The van der Waals surface area contributed by atoms with Crippen molar-refractivity contribution in [2.45, 2.75) is 26.8 Å². The number of rotatable bonds is 6. The molecule has 10 heteroatoms. The zero-order valence-electron chi connectivity index (χ0n) is 24.7. The molecule has 0 spiro atoms. The summed E-state index contributed by atoms with van der Waals surface area (Å²) >= 11 is 1.25. The predicted molar refractivity (Wildman–Crippen MR) is 169 cm³/mol. The van der Waals surface area contributed by atoms with Gasteiger partial charge < -0.3 is 18.8 Å². The molecule has 45 heavy (non-hydrogen) atoms. The summed E-state index contributed by atoms with van der Waals surface area (Å²) in [5, 5.41) is 0. The molecule has 8 nitrogen and oxygen atoms in total. The molecule has 0 N–H and O–H groups in total. The van der Waals surface area contributed by atoms with Crippen molar-refractivity contribution < 1.29 is 23.4 Å². The summed E-state index contributed by atoms with van der Waals surface area (Å²) in [5.41, 5.74) is 5.30. The van der Waals surface area contributed by atoms with E-state index in [1.54, 1.807) is 35.8 Å². The highest BCUT2D eigenvalue weighted by Crippen LogP contribution is 2.40. The Morgan fingerprint density at radius 2 is 1.80 bits per heavy atom. The van der Waals surface area contributed by atoms with Crippen molar-refractivity contribution in [3.05, 3.63) is 138 Å². The van der Waals surface area contributed by atoms with Gasteiger partial charge in [-0.1, -0.05) is 47.7 Å². The number of esters is 1. The van der Waals surface area contributed by atoms with Crippen LogP contribution in [0, 0.1) is 19.7 Å². The molecule has 2 aromatic heterocycles. The Hall–Kier alpha value is -5.22. The van der Waals surface area contributed by atoms with Gasteiger partial charge in [0.15, 0.2) is 16.3 Å². The molecule has 3 aromatic carbocycles. The topological polar surface area (TPSA) is 84.1 Å². The Labute approximate surface area is 261 Å². The van der Waals surface area contributed by atoms with Gasteiger partial charge in [0, 0.05) is 22.6 Å². The van der Waals surface area contributed by atoms with E-state index in [0.717, 1.165) is 28.2 Å². The van der Waals surface area contributed by atoms with Crippen LogP contribution in [0.1, 0.15) is 41.0 Å². The van der Waals surface area contributed by atoms with Crippen molar-refractivity contribution in [1.82, 2.24) is 9.13 Å². The summed E-state index contributed by atoms with van der Waals surface area (Å²) in [6.45, 7) is 5.92. The van der Waals surface area contributed by atoms with E-state index >= 15 is 0 Å². The van der Waals surface area contributed by atoms with Gasteiger partial charge in [0.05, 0.1) is 28.5 Å². The van der Waals surface area contributed by atoms with E-state index in [1.165, 1.54) is 23.5 Å². The minimum atomic E-state index is -0.834. The van der Waals surface area contributed by atoms with Gasteiger partial charge in [-0.15, -0.1) is 0 Å². The van der Waals surface area contributed by atoms with Crippen molar-refractivity contribution in [2.24, 2.45) is 4.99 Å². The van der Waals surface area contributed by atoms with Crippen LogP contribution < -0.4 is 24.4 Å². The highest BCUT2D eigenvalue weighted by Gasteiger charge is 2.36. The van der Waals surface area contributed by atoms with Gasteiger partial charge in [0.1, 0.15) is 5.82 Å². The van der Waals surface area contributed by atoms with E-state index in [9.17, 15) is 14.0 Å². The van der Waals surface area contributed by atoms with Crippen LogP contribution in [0.15, 0.2) is 94.2 Å². The van der Waals surface area contributed by atoms with Crippen molar-refractivity contribution in [2.75, 3.05) is 13.4 Å². The fourth-order valence-electron chi connectivity index (χ4n) is 5.90. The molecule has 4 heterocycles. The smallest absolute Gasteiger partial charge is 0.338 e. The zero-order chi connectivity index (χ0) is 31.2. The lowest BCUT2D eigenvalue weighted by molar-refractivity contribution is -0.138. The predicted octanol–water partition coefficient (Wildman–Crippen LogP) is 5.21. The summed E-state index contributed by atoms with van der Waals surface area (Å²) in [4.78, 5) is 33.4. The average Bonchev–Trinajstić information content (AvgIpc) is 3.72. The third kappa shape index (κ3) is 4.97. The molecule has 7 rings (SSSR count). The van der Waals surface area contributed by atoms with Crippen LogP contribution in [0.5, 0.6) is 11.5 Å². The van der Waals surface area contributed by atoms with Crippen LogP contribution in [-0.2, 0) is 9.53 Å². The number of nitrogens with zero attached hydrogens (tertiary/aromatic N) is 3. The molecule has 0 fully saturated rings. The molecule has 5 aromatic rings. The molecular weight excluding hydrogens is 593 g/mol. The second kappa shape index (κ2) is 11.4. The third-order valence-electron chi connectivity index (χ3n) is 7.93. The van der Waals surface area contributed by atoms with E-state index < -0.39 is 12.0 Å². The fourth-order valence-corrected chi connectivity index (χ4v) is 6.89.